The van der Waals surface area contributed by atoms with E-state index in [1.54, 1.807) is 19.1 Å². The molecule has 2 N–H and O–H groups in total. The molecule has 0 saturated heterocycles. The fourth-order valence-corrected chi connectivity index (χ4v) is 3.53. The standard InChI is InChI=1S/C22H26F2N2O2/c1-2-28-22(27)16-8-9-20(26-19-6-4-3-5-7-19)21(12-16)25-14-15-10-17(23)13-18(24)11-15/h8-13,19,25-26H,2-7,14H2,1H3. The van der Waals surface area contributed by atoms with Crippen molar-refractivity contribution in [3.63, 3.8) is 0 Å². The van der Waals surface area contributed by atoms with Gasteiger partial charge in [0.2, 0.25) is 0 Å². The Kier molecular flexibility index (Phi) is 6.85. The Labute approximate surface area is 164 Å². The molecule has 0 unspecified atom stereocenters. The highest BCUT2D eigenvalue weighted by Gasteiger charge is 2.16. The van der Waals surface area contributed by atoms with E-state index in [4.69, 9.17) is 4.74 Å². The van der Waals surface area contributed by atoms with E-state index < -0.39 is 17.6 Å². The Morgan fingerprint density at radius 2 is 1.75 bits per heavy atom. The first-order valence-corrected chi connectivity index (χ1v) is 9.81. The van der Waals surface area contributed by atoms with Gasteiger partial charge >= 0.3 is 5.97 Å². The van der Waals surface area contributed by atoms with Crippen LogP contribution in [0.1, 0.15) is 54.9 Å². The maximum absolute atomic E-state index is 13.5. The predicted octanol–water partition coefficient (Wildman–Crippen LogP) is 5.50. The molecular weight excluding hydrogens is 362 g/mol. The zero-order valence-corrected chi connectivity index (χ0v) is 16.1. The zero-order chi connectivity index (χ0) is 19.9. The van der Waals surface area contributed by atoms with Crippen molar-refractivity contribution in [1.29, 1.82) is 0 Å². The number of nitrogens with one attached hydrogen (secondary N) is 2. The van der Waals surface area contributed by atoms with Gasteiger partial charge in [-0.3, -0.25) is 0 Å². The summed E-state index contributed by atoms with van der Waals surface area (Å²) < 4.78 is 32.0. The Bertz CT molecular complexity index is 800. The molecule has 150 valence electrons. The lowest BCUT2D eigenvalue weighted by molar-refractivity contribution is 0.0526. The predicted molar refractivity (Wildman–Crippen MR) is 107 cm³/mol. The van der Waals surface area contributed by atoms with Crippen molar-refractivity contribution in [1.82, 2.24) is 0 Å². The van der Waals surface area contributed by atoms with E-state index >= 15 is 0 Å². The highest BCUT2D eigenvalue weighted by molar-refractivity contribution is 5.92. The third kappa shape index (κ3) is 5.44. The number of ether oxygens (including phenoxy) is 1. The molecule has 0 amide bonds. The van der Waals surface area contributed by atoms with Crippen molar-refractivity contribution in [2.24, 2.45) is 0 Å². The molecule has 0 heterocycles. The van der Waals surface area contributed by atoms with Crippen LogP contribution in [0.3, 0.4) is 0 Å². The molecule has 1 aliphatic carbocycles. The van der Waals surface area contributed by atoms with Gasteiger partial charge in [0.1, 0.15) is 11.6 Å². The number of carbonyl (C=O) groups is 1. The molecule has 0 spiro atoms. The SMILES string of the molecule is CCOC(=O)c1ccc(NC2CCCCC2)c(NCc2cc(F)cc(F)c2)c1. The Hall–Kier alpha value is -2.63. The van der Waals surface area contributed by atoms with Crippen molar-refractivity contribution in [2.45, 2.75) is 51.6 Å². The highest BCUT2D eigenvalue weighted by Crippen LogP contribution is 2.29. The van der Waals surface area contributed by atoms with E-state index in [0.717, 1.165) is 24.6 Å². The summed E-state index contributed by atoms with van der Waals surface area (Å²) in [6, 6.07) is 9.12. The van der Waals surface area contributed by atoms with Gasteiger partial charge in [0.25, 0.3) is 0 Å². The third-order valence-electron chi connectivity index (χ3n) is 4.90. The van der Waals surface area contributed by atoms with Crippen LogP contribution in [0, 0.1) is 11.6 Å². The molecule has 2 aromatic rings. The first kappa shape index (κ1) is 20.1. The van der Waals surface area contributed by atoms with Gasteiger partial charge in [0.15, 0.2) is 0 Å². The molecule has 1 fully saturated rings. The maximum Gasteiger partial charge on any atom is 0.338 e. The summed E-state index contributed by atoms with van der Waals surface area (Å²) in [5.74, 6) is -1.62. The number of rotatable bonds is 7. The van der Waals surface area contributed by atoms with E-state index in [2.05, 4.69) is 10.6 Å². The molecule has 0 aromatic heterocycles. The van der Waals surface area contributed by atoms with Crippen molar-refractivity contribution >= 4 is 17.3 Å². The Morgan fingerprint density at radius 3 is 2.43 bits per heavy atom. The number of carbonyl (C=O) groups excluding carboxylic acids is 1. The van der Waals surface area contributed by atoms with Gasteiger partial charge in [0, 0.05) is 18.7 Å². The third-order valence-corrected chi connectivity index (χ3v) is 4.90. The first-order valence-electron chi connectivity index (χ1n) is 9.81. The summed E-state index contributed by atoms with van der Waals surface area (Å²) in [4.78, 5) is 12.1. The molecule has 6 heteroatoms. The van der Waals surface area contributed by atoms with Crippen LogP contribution in [0.15, 0.2) is 36.4 Å². The van der Waals surface area contributed by atoms with Crippen LogP contribution >= 0.6 is 0 Å². The second-order valence-corrected chi connectivity index (χ2v) is 7.09. The Morgan fingerprint density at radius 1 is 1.04 bits per heavy atom. The quantitative estimate of drug-likeness (QED) is 0.615. The minimum absolute atomic E-state index is 0.236. The number of anilines is 2. The van der Waals surface area contributed by atoms with E-state index in [0.29, 0.717) is 29.5 Å². The molecule has 1 aliphatic rings. The van der Waals surface area contributed by atoms with Crippen LogP contribution in [0.25, 0.3) is 0 Å². The summed E-state index contributed by atoms with van der Waals surface area (Å²) in [6.45, 7) is 2.29. The van der Waals surface area contributed by atoms with E-state index in [-0.39, 0.29) is 6.54 Å². The van der Waals surface area contributed by atoms with Crippen LogP contribution < -0.4 is 10.6 Å². The molecule has 3 rings (SSSR count). The van der Waals surface area contributed by atoms with Gasteiger partial charge in [-0.2, -0.15) is 0 Å². The number of benzene rings is 2. The number of halogens is 2. The molecule has 4 nitrogen and oxygen atoms in total. The fraction of sp³-hybridized carbons (Fsp3) is 0.409. The van der Waals surface area contributed by atoms with Gasteiger partial charge in [-0.15, -0.1) is 0 Å². The first-order chi connectivity index (χ1) is 13.5. The van der Waals surface area contributed by atoms with Gasteiger partial charge in [-0.1, -0.05) is 19.3 Å². The van der Waals surface area contributed by atoms with E-state index in [1.165, 1.54) is 31.4 Å². The van der Waals surface area contributed by atoms with E-state index in [1.807, 2.05) is 6.07 Å². The summed E-state index contributed by atoms with van der Waals surface area (Å²) >= 11 is 0. The number of esters is 1. The van der Waals surface area contributed by atoms with Crippen molar-refractivity contribution < 1.29 is 18.3 Å². The summed E-state index contributed by atoms with van der Waals surface area (Å²) in [5.41, 5.74) is 2.50. The lowest BCUT2D eigenvalue weighted by Gasteiger charge is -2.25. The molecule has 0 radical (unpaired) electrons. The summed E-state index contributed by atoms with van der Waals surface area (Å²) in [7, 11) is 0. The summed E-state index contributed by atoms with van der Waals surface area (Å²) in [5, 5.41) is 6.75. The molecule has 0 aliphatic heterocycles. The minimum atomic E-state index is -0.613. The van der Waals surface area contributed by atoms with Gasteiger partial charge in [-0.25, -0.2) is 13.6 Å². The molecule has 0 atom stereocenters. The average molecular weight is 388 g/mol. The summed E-state index contributed by atoms with van der Waals surface area (Å²) in [6.07, 6.45) is 5.87. The molecule has 28 heavy (non-hydrogen) atoms. The smallest absolute Gasteiger partial charge is 0.338 e. The lowest BCUT2D eigenvalue weighted by atomic mass is 9.95. The van der Waals surface area contributed by atoms with Crippen molar-refractivity contribution in [2.75, 3.05) is 17.2 Å². The Balaban J connectivity index is 1.80. The van der Waals surface area contributed by atoms with Crippen LogP contribution in [0.2, 0.25) is 0 Å². The van der Waals surface area contributed by atoms with Gasteiger partial charge in [-0.05, 0) is 55.7 Å². The maximum atomic E-state index is 13.5. The molecule has 1 saturated carbocycles. The topological polar surface area (TPSA) is 50.4 Å². The second kappa shape index (κ2) is 9.53. The largest absolute Gasteiger partial charge is 0.462 e. The number of hydrogen-bond acceptors (Lipinski definition) is 4. The highest BCUT2D eigenvalue weighted by atomic mass is 19.1. The van der Waals surface area contributed by atoms with Gasteiger partial charge in [0.05, 0.1) is 23.5 Å². The van der Waals surface area contributed by atoms with Crippen LogP contribution in [-0.2, 0) is 11.3 Å². The molecule has 0 bridgehead atoms. The second-order valence-electron chi connectivity index (χ2n) is 7.09. The van der Waals surface area contributed by atoms with Crippen LogP contribution in [0.5, 0.6) is 0 Å². The van der Waals surface area contributed by atoms with Gasteiger partial charge < -0.3 is 15.4 Å². The minimum Gasteiger partial charge on any atom is -0.462 e. The normalized spacial score (nSPS) is 14.5. The average Bonchev–Trinajstić information content (AvgIpc) is 2.67. The molecule has 2 aromatic carbocycles. The van der Waals surface area contributed by atoms with Crippen LogP contribution in [-0.4, -0.2) is 18.6 Å². The van der Waals surface area contributed by atoms with Crippen molar-refractivity contribution in [3.8, 4) is 0 Å². The van der Waals surface area contributed by atoms with Crippen LogP contribution in [0.4, 0.5) is 20.2 Å². The zero-order valence-electron chi connectivity index (χ0n) is 16.1. The lowest BCUT2D eigenvalue weighted by Crippen LogP contribution is -2.23. The molecular formula is C22H26F2N2O2. The monoisotopic (exact) mass is 388 g/mol. The van der Waals surface area contributed by atoms with Crippen molar-refractivity contribution in [3.05, 3.63) is 59.2 Å². The fourth-order valence-electron chi connectivity index (χ4n) is 3.53. The number of hydrogen-bond donors (Lipinski definition) is 2. The van der Waals surface area contributed by atoms with E-state index in [9.17, 15) is 13.6 Å².